The fourth-order valence-corrected chi connectivity index (χ4v) is 5.80. The van der Waals surface area contributed by atoms with E-state index in [0.717, 1.165) is 6.04 Å². The second kappa shape index (κ2) is 8.10. The van der Waals surface area contributed by atoms with E-state index in [1.54, 1.807) is 6.92 Å². The van der Waals surface area contributed by atoms with E-state index in [-0.39, 0.29) is 11.5 Å². The molecule has 0 aliphatic carbocycles. The predicted molar refractivity (Wildman–Crippen MR) is 86.6 cm³/mol. The van der Waals surface area contributed by atoms with E-state index >= 15 is 0 Å². The van der Waals surface area contributed by atoms with Crippen molar-refractivity contribution in [3.05, 3.63) is 17.7 Å². The summed E-state index contributed by atoms with van der Waals surface area (Å²) in [5, 5.41) is 18.0. The molecule has 1 heterocycles. The SMILES string of the molecule is CC[Si](CC)(CC)CCOC(C)n1cc(C#N)nc1C(=O)O. The van der Waals surface area contributed by atoms with Crippen LogP contribution < -0.4 is 0 Å². The highest BCUT2D eigenvalue weighted by molar-refractivity contribution is 6.79. The summed E-state index contributed by atoms with van der Waals surface area (Å²) >= 11 is 0. The molecule has 0 aliphatic rings. The minimum absolute atomic E-state index is 0.0900. The smallest absolute Gasteiger partial charge is 0.372 e. The average molecular weight is 323 g/mol. The number of nitrogens with zero attached hydrogens (tertiary/aromatic N) is 3. The molecule has 0 radical (unpaired) electrons. The third kappa shape index (κ3) is 4.18. The second-order valence-electron chi connectivity index (χ2n) is 5.55. The molecule has 0 aromatic carbocycles. The molecular weight excluding hydrogens is 298 g/mol. The Bertz CT molecular complexity index is 538. The van der Waals surface area contributed by atoms with E-state index < -0.39 is 20.3 Å². The molecule has 122 valence electrons. The average Bonchev–Trinajstić information content (AvgIpc) is 2.96. The van der Waals surface area contributed by atoms with E-state index in [0.29, 0.717) is 6.61 Å². The van der Waals surface area contributed by atoms with Gasteiger partial charge in [-0.2, -0.15) is 5.26 Å². The van der Waals surface area contributed by atoms with Crippen LogP contribution in [0.4, 0.5) is 0 Å². The van der Waals surface area contributed by atoms with Crippen molar-refractivity contribution in [2.45, 2.75) is 58.1 Å². The van der Waals surface area contributed by atoms with Crippen LogP contribution in [-0.4, -0.2) is 35.3 Å². The minimum atomic E-state index is -1.24. The number of hydrogen-bond donors (Lipinski definition) is 1. The molecule has 1 rings (SSSR count). The van der Waals surface area contributed by atoms with Crippen molar-refractivity contribution in [2.75, 3.05) is 6.61 Å². The van der Waals surface area contributed by atoms with Gasteiger partial charge in [-0.05, 0) is 13.0 Å². The summed E-state index contributed by atoms with van der Waals surface area (Å²) in [6.45, 7) is 9.14. The number of rotatable bonds is 9. The summed E-state index contributed by atoms with van der Waals surface area (Å²) in [7, 11) is -1.24. The van der Waals surface area contributed by atoms with Crippen molar-refractivity contribution in [1.82, 2.24) is 9.55 Å². The molecule has 0 spiro atoms. The molecule has 1 aromatic heterocycles. The summed E-state index contributed by atoms with van der Waals surface area (Å²) < 4.78 is 7.23. The maximum absolute atomic E-state index is 11.2. The Hall–Kier alpha value is -1.65. The standard InChI is InChI=1S/C15H25N3O3Si/c1-5-22(6-2,7-3)9-8-21-12(4)18-11-13(10-16)17-14(18)15(19)20/h11-12H,5-9H2,1-4H3,(H,19,20). The van der Waals surface area contributed by atoms with Gasteiger partial charge in [0.1, 0.15) is 12.3 Å². The zero-order valence-electron chi connectivity index (χ0n) is 13.8. The van der Waals surface area contributed by atoms with Crippen LogP contribution in [0, 0.1) is 11.3 Å². The Morgan fingerprint density at radius 1 is 1.45 bits per heavy atom. The lowest BCUT2D eigenvalue weighted by Gasteiger charge is -2.28. The first kappa shape index (κ1) is 18.4. The summed E-state index contributed by atoms with van der Waals surface area (Å²) in [5.74, 6) is -1.31. The van der Waals surface area contributed by atoms with Crippen LogP contribution in [0.1, 0.15) is 50.2 Å². The number of carboxylic acid groups (broad SMARTS) is 1. The number of hydrogen-bond acceptors (Lipinski definition) is 4. The molecular formula is C15H25N3O3Si. The van der Waals surface area contributed by atoms with Gasteiger partial charge in [-0.15, -0.1) is 0 Å². The topological polar surface area (TPSA) is 88.1 Å². The molecule has 0 fully saturated rings. The van der Waals surface area contributed by atoms with Gasteiger partial charge in [0.2, 0.25) is 5.82 Å². The highest BCUT2D eigenvalue weighted by Gasteiger charge is 2.27. The molecule has 22 heavy (non-hydrogen) atoms. The van der Waals surface area contributed by atoms with Gasteiger partial charge in [-0.3, -0.25) is 4.57 Å². The molecule has 0 bridgehead atoms. The number of aromatic nitrogens is 2. The van der Waals surface area contributed by atoms with E-state index in [4.69, 9.17) is 15.1 Å². The van der Waals surface area contributed by atoms with E-state index in [1.807, 2.05) is 6.07 Å². The Morgan fingerprint density at radius 2 is 2.05 bits per heavy atom. The number of ether oxygens (including phenoxy) is 1. The summed E-state index contributed by atoms with van der Waals surface area (Å²) in [6.07, 6.45) is 0.983. The molecule has 0 aliphatic heterocycles. The molecule has 1 atom stereocenters. The van der Waals surface area contributed by atoms with Crippen molar-refractivity contribution in [3.8, 4) is 6.07 Å². The van der Waals surface area contributed by atoms with E-state index in [1.165, 1.54) is 28.9 Å². The third-order valence-corrected chi connectivity index (χ3v) is 10.4. The molecule has 1 aromatic rings. The quantitative estimate of drug-likeness (QED) is 0.703. The molecule has 1 N–H and O–H groups in total. The number of nitriles is 1. The predicted octanol–water partition coefficient (Wildman–Crippen LogP) is 3.50. The van der Waals surface area contributed by atoms with Gasteiger partial charge in [0.15, 0.2) is 5.69 Å². The zero-order valence-corrected chi connectivity index (χ0v) is 14.8. The summed E-state index contributed by atoms with van der Waals surface area (Å²) in [5.41, 5.74) is 0.0900. The van der Waals surface area contributed by atoms with Crippen molar-refractivity contribution < 1.29 is 14.6 Å². The van der Waals surface area contributed by atoms with Gasteiger partial charge in [-0.25, -0.2) is 9.78 Å². The van der Waals surface area contributed by atoms with Crippen LogP contribution in [0.5, 0.6) is 0 Å². The van der Waals surface area contributed by atoms with Crippen LogP contribution in [0.25, 0.3) is 0 Å². The van der Waals surface area contributed by atoms with Gasteiger partial charge in [-0.1, -0.05) is 38.9 Å². The fraction of sp³-hybridized carbons (Fsp3) is 0.667. The highest BCUT2D eigenvalue weighted by atomic mass is 28.3. The maximum Gasteiger partial charge on any atom is 0.372 e. The molecule has 1 unspecified atom stereocenters. The number of carbonyl (C=O) groups is 1. The van der Waals surface area contributed by atoms with Gasteiger partial charge < -0.3 is 9.84 Å². The normalized spacial score (nSPS) is 12.9. The molecule has 0 amide bonds. The molecule has 0 saturated carbocycles. The largest absolute Gasteiger partial charge is 0.475 e. The zero-order chi connectivity index (χ0) is 16.8. The van der Waals surface area contributed by atoms with Gasteiger partial charge in [0.25, 0.3) is 0 Å². The number of aromatic carboxylic acids is 1. The van der Waals surface area contributed by atoms with Crippen molar-refractivity contribution in [1.29, 1.82) is 5.26 Å². The van der Waals surface area contributed by atoms with Crippen LogP contribution in [-0.2, 0) is 4.74 Å². The lowest BCUT2D eigenvalue weighted by Crippen LogP contribution is -2.33. The van der Waals surface area contributed by atoms with E-state index in [9.17, 15) is 4.79 Å². The number of carboxylic acids is 1. The summed E-state index contributed by atoms with van der Waals surface area (Å²) in [6, 6.07) is 6.65. The fourth-order valence-electron chi connectivity index (χ4n) is 2.69. The first-order valence-corrected chi connectivity index (χ1v) is 10.6. The Kier molecular flexibility index (Phi) is 6.78. The van der Waals surface area contributed by atoms with Gasteiger partial charge in [0, 0.05) is 12.8 Å². The molecule has 6 nitrogen and oxygen atoms in total. The van der Waals surface area contributed by atoms with Crippen LogP contribution >= 0.6 is 0 Å². The monoisotopic (exact) mass is 323 g/mol. The van der Waals surface area contributed by atoms with Crippen molar-refractivity contribution in [3.63, 3.8) is 0 Å². The highest BCUT2D eigenvalue weighted by Crippen LogP contribution is 2.25. The second-order valence-corrected chi connectivity index (χ2v) is 11.2. The maximum atomic E-state index is 11.2. The lowest BCUT2D eigenvalue weighted by atomic mass is 10.5. The third-order valence-electron chi connectivity index (χ3n) is 4.67. The Balaban J connectivity index is 2.74. The van der Waals surface area contributed by atoms with Crippen LogP contribution in [0.15, 0.2) is 6.20 Å². The summed E-state index contributed by atoms with van der Waals surface area (Å²) in [4.78, 5) is 15.0. The Labute approximate surface area is 132 Å². The Morgan fingerprint density at radius 3 is 2.50 bits per heavy atom. The van der Waals surface area contributed by atoms with Gasteiger partial charge >= 0.3 is 5.97 Å². The minimum Gasteiger partial charge on any atom is -0.475 e. The lowest BCUT2D eigenvalue weighted by molar-refractivity contribution is 0.0198. The molecule has 0 saturated heterocycles. The van der Waals surface area contributed by atoms with E-state index in [2.05, 4.69) is 25.8 Å². The van der Waals surface area contributed by atoms with Gasteiger partial charge in [0.05, 0.1) is 8.07 Å². The first-order valence-electron chi connectivity index (χ1n) is 7.76. The van der Waals surface area contributed by atoms with Crippen molar-refractivity contribution in [2.24, 2.45) is 0 Å². The van der Waals surface area contributed by atoms with Crippen LogP contribution in [0.2, 0.25) is 24.2 Å². The number of imidazole rings is 1. The van der Waals surface area contributed by atoms with Crippen LogP contribution in [0.3, 0.4) is 0 Å². The first-order chi connectivity index (χ1) is 10.4. The molecule has 7 heteroatoms. The van der Waals surface area contributed by atoms with Crippen molar-refractivity contribution >= 4 is 14.0 Å².